The average molecular weight is 458 g/mol. The molecule has 0 saturated carbocycles. The molecule has 0 unspecified atom stereocenters. The molecular weight excluding hydrogens is 426 g/mol. The van der Waals surface area contributed by atoms with Crippen molar-refractivity contribution in [2.75, 3.05) is 13.1 Å². The van der Waals surface area contributed by atoms with Gasteiger partial charge in [-0.3, -0.25) is 9.69 Å². The molecule has 1 aliphatic heterocycles. The molecule has 3 heterocycles. The smallest absolute Gasteiger partial charge is 0.223 e. The highest BCUT2D eigenvalue weighted by Gasteiger charge is 2.25. The Morgan fingerprint density at radius 3 is 2.64 bits per heavy atom. The number of rotatable bonds is 7. The highest BCUT2D eigenvalue weighted by atomic mass is 32.1. The zero-order chi connectivity index (χ0) is 22.6. The minimum atomic E-state index is 0.124. The van der Waals surface area contributed by atoms with E-state index in [1.54, 1.807) is 11.3 Å². The molecule has 33 heavy (non-hydrogen) atoms. The summed E-state index contributed by atoms with van der Waals surface area (Å²) >= 11 is 1.69. The number of nitrogens with one attached hydrogen (secondary N) is 1. The normalized spacial score (nSPS) is 15.2. The highest BCUT2D eigenvalue weighted by Crippen LogP contribution is 2.25. The number of amides is 1. The number of piperidine rings is 1. The number of aryl methyl sites for hydroxylation is 1. The number of carbonyl (C=O) groups excluding carboxylic acids is 1. The fraction of sp³-hybridized carbons (Fsp3) is 0.321. The Kier molecular flexibility index (Phi) is 6.60. The highest BCUT2D eigenvalue weighted by molar-refractivity contribution is 7.09. The molecule has 1 N–H and O–H groups in total. The first-order valence-corrected chi connectivity index (χ1v) is 12.7. The van der Waals surface area contributed by atoms with Crippen molar-refractivity contribution in [3.8, 4) is 0 Å². The maximum atomic E-state index is 12.6. The number of thiophene rings is 1. The van der Waals surface area contributed by atoms with Crippen LogP contribution in [0.2, 0.25) is 0 Å². The van der Waals surface area contributed by atoms with Crippen LogP contribution < -0.4 is 5.32 Å². The standard InChI is InChI=1S/C28H31N3OS/c1-21-6-4-7-22(16-21)19-31-25(17-24-8-2-3-10-27(24)31)20-30-13-11-23(12-14-30)28(32)29-18-26-9-5-15-33-26/h2-10,15-17,23H,11-14,18-20H2,1H3,(H,29,32). The van der Waals surface area contributed by atoms with Crippen molar-refractivity contribution < 1.29 is 4.79 Å². The van der Waals surface area contributed by atoms with Crippen LogP contribution in [0.3, 0.4) is 0 Å². The lowest BCUT2D eigenvalue weighted by molar-refractivity contribution is -0.126. The van der Waals surface area contributed by atoms with Gasteiger partial charge in [-0.25, -0.2) is 0 Å². The summed E-state index contributed by atoms with van der Waals surface area (Å²) in [6.07, 6.45) is 1.85. The van der Waals surface area contributed by atoms with Crippen LogP contribution in [-0.4, -0.2) is 28.5 Å². The molecule has 0 atom stereocenters. The Morgan fingerprint density at radius 2 is 1.85 bits per heavy atom. The number of hydrogen-bond acceptors (Lipinski definition) is 3. The van der Waals surface area contributed by atoms with E-state index in [-0.39, 0.29) is 11.8 Å². The summed E-state index contributed by atoms with van der Waals surface area (Å²) in [6, 6.07) is 23.9. The lowest BCUT2D eigenvalue weighted by Crippen LogP contribution is -2.40. The van der Waals surface area contributed by atoms with E-state index in [2.05, 4.69) is 87.8 Å². The van der Waals surface area contributed by atoms with E-state index in [0.717, 1.165) is 39.0 Å². The summed E-state index contributed by atoms with van der Waals surface area (Å²) in [6.45, 7) is 6.52. The van der Waals surface area contributed by atoms with Gasteiger partial charge >= 0.3 is 0 Å². The monoisotopic (exact) mass is 457 g/mol. The number of hydrogen-bond donors (Lipinski definition) is 1. The van der Waals surface area contributed by atoms with Gasteiger partial charge < -0.3 is 9.88 Å². The molecule has 1 saturated heterocycles. The van der Waals surface area contributed by atoms with E-state index in [9.17, 15) is 4.79 Å². The van der Waals surface area contributed by atoms with Crippen molar-refractivity contribution in [2.24, 2.45) is 5.92 Å². The summed E-state index contributed by atoms with van der Waals surface area (Å²) < 4.78 is 2.46. The van der Waals surface area contributed by atoms with Gasteiger partial charge in [0, 0.05) is 35.1 Å². The summed E-state index contributed by atoms with van der Waals surface area (Å²) in [5.41, 5.74) is 5.26. The summed E-state index contributed by atoms with van der Waals surface area (Å²) in [5.74, 6) is 0.330. The summed E-state index contributed by atoms with van der Waals surface area (Å²) in [4.78, 5) is 16.3. The number of carbonyl (C=O) groups is 1. The second kappa shape index (κ2) is 9.94. The van der Waals surface area contributed by atoms with Crippen molar-refractivity contribution in [1.82, 2.24) is 14.8 Å². The van der Waals surface area contributed by atoms with Crippen LogP contribution in [0.25, 0.3) is 10.9 Å². The molecule has 1 aliphatic rings. The number of para-hydroxylation sites is 1. The van der Waals surface area contributed by atoms with E-state index in [1.807, 2.05) is 6.07 Å². The number of likely N-dealkylation sites (tertiary alicyclic amines) is 1. The van der Waals surface area contributed by atoms with Crippen LogP contribution >= 0.6 is 11.3 Å². The van der Waals surface area contributed by atoms with Gasteiger partial charge in [0.15, 0.2) is 0 Å². The number of nitrogens with zero attached hydrogens (tertiary/aromatic N) is 2. The molecular formula is C28H31N3OS. The molecule has 1 amide bonds. The first-order valence-electron chi connectivity index (χ1n) is 11.8. The largest absolute Gasteiger partial charge is 0.351 e. The second-order valence-electron chi connectivity index (χ2n) is 9.12. The third kappa shape index (κ3) is 5.21. The van der Waals surface area contributed by atoms with Crippen molar-refractivity contribution in [2.45, 2.75) is 39.4 Å². The Morgan fingerprint density at radius 1 is 1.00 bits per heavy atom. The zero-order valence-electron chi connectivity index (χ0n) is 19.2. The first-order chi connectivity index (χ1) is 16.2. The molecule has 4 aromatic rings. The van der Waals surface area contributed by atoms with Crippen LogP contribution in [0.1, 0.15) is 34.5 Å². The minimum Gasteiger partial charge on any atom is -0.351 e. The van der Waals surface area contributed by atoms with E-state index >= 15 is 0 Å². The van der Waals surface area contributed by atoms with E-state index in [0.29, 0.717) is 6.54 Å². The maximum absolute atomic E-state index is 12.6. The number of fused-ring (bicyclic) bond motifs is 1. The predicted octanol–water partition coefficient (Wildman–Crippen LogP) is 5.59. The summed E-state index contributed by atoms with van der Waals surface area (Å²) in [5, 5.41) is 6.48. The van der Waals surface area contributed by atoms with Crippen molar-refractivity contribution in [3.63, 3.8) is 0 Å². The van der Waals surface area contributed by atoms with Gasteiger partial charge in [0.25, 0.3) is 0 Å². The van der Waals surface area contributed by atoms with Gasteiger partial charge in [-0.1, -0.05) is 54.1 Å². The van der Waals surface area contributed by atoms with Crippen molar-refractivity contribution in [1.29, 1.82) is 0 Å². The maximum Gasteiger partial charge on any atom is 0.223 e. The van der Waals surface area contributed by atoms with Crippen LogP contribution in [0.15, 0.2) is 72.1 Å². The van der Waals surface area contributed by atoms with Crippen LogP contribution in [0.4, 0.5) is 0 Å². The molecule has 5 rings (SSSR count). The molecule has 2 aromatic carbocycles. The van der Waals surface area contributed by atoms with Crippen molar-refractivity contribution in [3.05, 3.63) is 93.8 Å². The van der Waals surface area contributed by atoms with Gasteiger partial charge in [0.2, 0.25) is 5.91 Å². The van der Waals surface area contributed by atoms with Crippen LogP contribution in [0.5, 0.6) is 0 Å². The Hall–Kier alpha value is -2.89. The lowest BCUT2D eigenvalue weighted by atomic mass is 9.96. The Bertz CT molecular complexity index is 1220. The van der Waals surface area contributed by atoms with Gasteiger partial charge in [-0.2, -0.15) is 0 Å². The predicted molar refractivity (Wildman–Crippen MR) is 136 cm³/mol. The van der Waals surface area contributed by atoms with Crippen LogP contribution in [0, 0.1) is 12.8 Å². The molecule has 0 aliphatic carbocycles. The Labute approximate surface area is 199 Å². The lowest BCUT2D eigenvalue weighted by Gasteiger charge is -2.31. The molecule has 0 spiro atoms. The first kappa shape index (κ1) is 21.9. The molecule has 4 nitrogen and oxygen atoms in total. The van der Waals surface area contributed by atoms with Crippen molar-refractivity contribution >= 4 is 28.1 Å². The molecule has 2 aromatic heterocycles. The van der Waals surface area contributed by atoms with Gasteiger partial charge in [0.1, 0.15) is 0 Å². The third-order valence-electron chi connectivity index (χ3n) is 6.68. The fourth-order valence-electron chi connectivity index (χ4n) is 4.89. The number of benzene rings is 2. The summed E-state index contributed by atoms with van der Waals surface area (Å²) in [7, 11) is 0. The van der Waals surface area contributed by atoms with Gasteiger partial charge in [0.05, 0.1) is 6.54 Å². The average Bonchev–Trinajstić information content (AvgIpc) is 3.46. The Balaban J connectivity index is 1.24. The van der Waals surface area contributed by atoms with Gasteiger partial charge in [-0.15, -0.1) is 11.3 Å². The van der Waals surface area contributed by atoms with Gasteiger partial charge in [-0.05, 0) is 67.4 Å². The van der Waals surface area contributed by atoms with E-state index in [1.165, 1.54) is 32.6 Å². The minimum absolute atomic E-state index is 0.124. The topological polar surface area (TPSA) is 37.3 Å². The molecule has 0 bridgehead atoms. The second-order valence-corrected chi connectivity index (χ2v) is 10.1. The number of aromatic nitrogens is 1. The van der Waals surface area contributed by atoms with Crippen LogP contribution in [-0.2, 0) is 24.4 Å². The van der Waals surface area contributed by atoms with E-state index in [4.69, 9.17) is 0 Å². The molecule has 170 valence electrons. The fourth-order valence-corrected chi connectivity index (χ4v) is 5.54. The zero-order valence-corrected chi connectivity index (χ0v) is 20.0. The SMILES string of the molecule is Cc1cccc(Cn2c(CN3CCC(C(=O)NCc4cccs4)CC3)cc3ccccc32)c1. The quantitative estimate of drug-likeness (QED) is 0.393. The van der Waals surface area contributed by atoms with E-state index < -0.39 is 0 Å². The third-order valence-corrected chi connectivity index (χ3v) is 7.56. The molecule has 1 fully saturated rings. The molecule has 0 radical (unpaired) electrons. The molecule has 5 heteroatoms.